The highest BCUT2D eigenvalue weighted by molar-refractivity contribution is 7.99. The van der Waals surface area contributed by atoms with Crippen molar-refractivity contribution in [3.05, 3.63) is 83.5 Å². The molecule has 0 aliphatic carbocycles. The van der Waals surface area contributed by atoms with Crippen LogP contribution in [-0.2, 0) is 17.8 Å². The summed E-state index contributed by atoms with van der Waals surface area (Å²) in [5.74, 6) is -0.661. The van der Waals surface area contributed by atoms with Gasteiger partial charge in [0.2, 0.25) is 5.91 Å². The van der Waals surface area contributed by atoms with Gasteiger partial charge in [-0.25, -0.2) is 4.39 Å². The number of allylic oxidation sites excluding steroid dienone is 1. The van der Waals surface area contributed by atoms with E-state index in [1.54, 1.807) is 23.6 Å². The van der Waals surface area contributed by atoms with E-state index < -0.39 is 17.8 Å². The summed E-state index contributed by atoms with van der Waals surface area (Å²) >= 11 is 1.25. The maximum absolute atomic E-state index is 14.0. The fourth-order valence-corrected chi connectivity index (χ4v) is 4.27. The van der Waals surface area contributed by atoms with Crippen LogP contribution in [0.3, 0.4) is 0 Å². The molecule has 3 rings (SSSR count). The van der Waals surface area contributed by atoms with Gasteiger partial charge in [-0.15, -0.1) is 16.8 Å². The monoisotopic (exact) mass is 481 g/mol. The summed E-state index contributed by atoms with van der Waals surface area (Å²) in [5, 5.41) is 14.7. The number of para-hydroxylation sites is 1. The van der Waals surface area contributed by atoms with E-state index in [-0.39, 0.29) is 17.2 Å². The number of thioether (sulfide) groups is 1. The van der Waals surface area contributed by atoms with Gasteiger partial charge in [-0.2, -0.15) is 0 Å². The Morgan fingerprint density at radius 3 is 2.68 bits per heavy atom. The zero-order valence-electron chi connectivity index (χ0n) is 19.5. The van der Waals surface area contributed by atoms with Crippen LogP contribution in [-0.4, -0.2) is 32.3 Å². The summed E-state index contributed by atoms with van der Waals surface area (Å²) in [5.41, 5.74) is 2.88. The van der Waals surface area contributed by atoms with E-state index >= 15 is 0 Å². The Morgan fingerprint density at radius 2 is 1.97 bits per heavy atom. The Morgan fingerprint density at radius 1 is 1.21 bits per heavy atom. The van der Waals surface area contributed by atoms with E-state index in [0.29, 0.717) is 17.5 Å². The molecule has 3 aromatic rings. The van der Waals surface area contributed by atoms with E-state index in [1.165, 1.54) is 30.0 Å². The summed E-state index contributed by atoms with van der Waals surface area (Å²) in [4.78, 5) is 25.2. The average Bonchev–Trinajstić information content (AvgIpc) is 3.22. The molecule has 0 spiro atoms. The minimum Gasteiger partial charge on any atom is -0.342 e. The zero-order valence-corrected chi connectivity index (χ0v) is 20.3. The smallest absolute Gasteiger partial charge is 0.254 e. The van der Waals surface area contributed by atoms with Crippen molar-refractivity contribution in [1.29, 1.82) is 0 Å². The summed E-state index contributed by atoms with van der Waals surface area (Å²) < 4.78 is 15.7. The molecule has 0 aliphatic heterocycles. The SMILES string of the molecule is C=CCn1c(SCC(=O)Nc2c(C)cccc2CC)nnc1[C@@H](C)NC(=O)c1ccccc1F. The molecular weight excluding hydrogens is 453 g/mol. The van der Waals surface area contributed by atoms with Crippen LogP contribution in [0.4, 0.5) is 10.1 Å². The molecule has 178 valence electrons. The molecule has 1 atom stereocenters. The van der Waals surface area contributed by atoms with Crippen LogP contribution in [0.25, 0.3) is 0 Å². The Balaban J connectivity index is 1.70. The second kappa shape index (κ2) is 11.6. The van der Waals surface area contributed by atoms with Gasteiger partial charge >= 0.3 is 0 Å². The lowest BCUT2D eigenvalue weighted by Gasteiger charge is -2.16. The number of nitrogens with zero attached hydrogens (tertiary/aromatic N) is 3. The molecule has 0 fully saturated rings. The molecule has 1 heterocycles. The fourth-order valence-electron chi connectivity index (χ4n) is 3.52. The molecule has 9 heteroatoms. The lowest BCUT2D eigenvalue weighted by molar-refractivity contribution is -0.113. The minimum atomic E-state index is -0.595. The first-order valence-electron chi connectivity index (χ1n) is 11.0. The van der Waals surface area contributed by atoms with Gasteiger partial charge in [0.05, 0.1) is 17.4 Å². The number of anilines is 1. The first-order valence-corrected chi connectivity index (χ1v) is 11.9. The number of hydrogen-bond donors (Lipinski definition) is 2. The molecule has 0 aliphatic rings. The van der Waals surface area contributed by atoms with Crippen LogP contribution in [0.1, 0.15) is 47.2 Å². The quantitative estimate of drug-likeness (QED) is 0.324. The Hall–Kier alpha value is -3.46. The van der Waals surface area contributed by atoms with Gasteiger partial charge in [0.25, 0.3) is 5.91 Å². The summed E-state index contributed by atoms with van der Waals surface area (Å²) in [7, 11) is 0. The molecule has 7 nitrogen and oxygen atoms in total. The lowest BCUT2D eigenvalue weighted by Crippen LogP contribution is -2.29. The normalized spacial score (nSPS) is 11.6. The van der Waals surface area contributed by atoms with E-state index in [4.69, 9.17) is 0 Å². The molecule has 0 saturated carbocycles. The van der Waals surface area contributed by atoms with Crippen molar-refractivity contribution in [2.45, 2.75) is 44.9 Å². The molecule has 1 aromatic heterocycles. The second-order valence-corrected chi connectivity index (χ2v) is 8.66. The number of nitrogens with one attached hydrogen (secondary N) is 2. The minimum absolute atomic E-state index is 0.0435. The maximum Gasteiger partial charge on any atom is 0.254 e. The van der Waals surface area contributed by atoms with Crippen LogP contribution in [0, 0.1) is 12.7 Å². The number of carbonyl (C=O) groups excluding carboxylic acids is 2. The van der Waals surface area contributed by atoms with Crippen molar-refractivity contribution in [3.8, 4) is 0 Å². The molecule has 0 unspecified atom stereocenters. The van der Waals surface area contributed by atoms with Crippen LogP contribution in [0.15, 0.2) is 60.3 Å². The first kappa shape index (κ1) is 25.2. The number of rotatable bonds is 10. The largest absolute Gasteiger partial charge is 0.342 e. The van der Waals surface area contributed by atoms with Crippen LogP contribution < -0.4 is 10.6 Å². The predicted octanol–water partition coefficient (Wildman–Crippen LogP) is 4.70. The highest BCUT2D eigenvalue weighted by Gasteiger charge is 2.21. The number of halogens is 1. The Kier molecular flexibility index (Phi) is 8.59. The van der Waals surface area contributed by atoms with Gasteiger partial charge in [-0.3, -0.25) is 9.59 Å². The molecule has 0 radical (unpaired) electrons. The maximum atomic E-state index is 14.0. The molecule has 0 saturated heterocycles. The van der Waals surface area contributed by atoms with Crippen molar-refractivity contribution in [3.63, 3.8) is 0 Å². The summed E-state index contributed by atoms with van der Waals surface area (Å²) in [6.07, 6.45) is 2.50. The number of hydrogen-bond acceptors (Lipinski definition) is 5. The molecule has 2 aromatic carbocycles. The second-order valence-electron chi connectivity index (χ2n) is 7.71. The van der Waals surface area contributed by atoms with E-state index in [1.807, 2.05) is 32.0 Å². The predicted molar refractivity (Wildman–Crippen MR) is 132 cm³/mol. The number of aryl methyl sites for hydroxylation is 2. The number of benzene rings is 2. The van der Waals surface area contributed by atoms with E-state index in [0.717, 1.165) is 23.2 Å². The summed E-state index contributed by atoms with van der Waals surface area (Å²) in [6.45, 7) is 9.92. The van der Waals surface area contributed by atoms with Crippen molar-refractivity contribution in [2.75, 3.05) is 11.1 Å². The number of carbonyl (C=O) groups is 2. The van der Waals surface area contributed by atoms with E-state index in [9.17, 15) is 14.0 Å². The molecular formula is C25H28FN5O2S. The van der Waals surface area contributed by atoms with Crippen LogP contribution in [0.2, 0.25) is 0 Å². The van der Waals surface area contributed by atoms with Crippen molar-refractivity contribution >= 4 is 29.3 Å². The van der Waals surface area contributed by atoms with Crippen molar-refractivity contribution in [2.24, 2.45) is 0 Å². The molecule has 2 N–H and O–H groups in total. The number of amides is 2. The van der Waals surface area contributed by atoms with Crippen LogP contribution >= 0.6 is 11.8 Å². The average molecular weight is 482 g/mol. The van der Waals surface area contributed by atoms with Crippen molar-refractivity contribution in [1.82, 2.24) is 20.1 Å². The highest BCUT2D eigenvalue weighted by Crippen LogP contribution is 2.24. The van der Waals surface area contributed by atoms with Gasteiger partial charge < -0.3 is 15.2 Å². The van der Waals surface area contributed by atoms with Crippen molar-refractivity contribution < 1.29 is 14.0 Å². The molecule has 0 bridgehead atoms. The highest BCUT2D eigenvalue weighted by atomic mass is 32.2. The Bertz CT molecular complexity index is 1190. The topological polar surface area (TPSA) is 88.9 Å². The number of aromatic nitrogens is 3. The Labute approximate surface area is 202 Å². The fraction of sp³-hybridized carbons (Fsp3) is 0.280. The first-order chi connectivity index (χ1) is 16.3. The third-order valence-electron chi connectivity index (χ3n) is 5.25. The van der Waals surface area contributed by atoms with Gasteiger partial charge in [-0.1, -0.05) is 55.1 Å². The zero-order chi connectivity index (χ0) is 24.7. The van der Waals surface area contributed by atoms with Gasteiger partial charge in [0.15, 0.2) is 11.0 Å². The lowest BCUT2D eigenvalue weighted by atomic mass is 10.1. The van der Waals surface area contributed by atoms with Gasteiger partial charge in [0.1, 0.15) is 5.82 Å². The standard InChI is InChI=1S/C25H28FN5O2S/c1-5-14-31-23(17(4)27-24(33)19-12-7-8-13-20(19)26)29-30-25(31)34-15-21(32)28-22-16(3)10-9-11-18(22)6-2/h5,7-13,17H,1,6,14-15H2,2-4H3,(H,27,33)(H,28,32)/t17-/m1/s1. The van der Waals surface area contributed by atoms with E-state index in [2.05, 4.69) is 27.4 Å². The third kappa shape index (κ3) is 5.91. The van der Waals surface area contributed by atoms with Crippen LogP contribution in [0.5, 0.6) is 0 Å². The molecule has 34 heavy (non-hydrogen) atoms. The van der Waals surface area contributed by atoms with Gasteiger partial charge in [-0.05, 0) is 43.5 Å². The summed E-state index contributed by atoms with van der Waals surface area (Å²) in [6, 6.07) is 11.2. The third-order valence-corrected chi connectivity index (χ3v) is 6.21. The van der Waals surface area contributed by atoms with Gasteiger partial charge in [0, 0.05) is 12.2 Å². The molecule has 2 amide bonds.